The van der Waals surface area contributed by atoms with Crippen LogP contribution in [0.4, 0.5) is 0 Å². The number of primary amides is 1. The van der Waals surface area contributed by atoms with Crippen LogP contribution in [0.2, 0.25) is 0 Å². The van der Waals surface area contributed by atoms with Crippen LogP contribution in [-0.4, -0.2) is 27.9 Å². The van der Waals surface area contributed by atoms with Crippen LogP contribution in [0.5, 0.6) is 17.2 Å². The summed E-state index contributed by atoms with van der Waals surface area (Å²) < 4.78 is 11.9. The monoisotopic (exact) mass is 615 g/mol. The summed E-state index contributed by atoms with van der Waals surface area (Å²) in [6.45, 7) is 0. The van der Waals surface area contributed by atoms with Gasteiger partial charge in [0.1, 0.15) is 17.1 Å². The number of esters is 1. The van der Waals surface area contributed by atoms with Crippen LogP contribution in [0.1, 0.15) is 44.9 Å². The maximum atomic E-state index is 13.6. The smallest absolute Gasteiger partial charge is 0.343 e. The normalized spacial score (nSPS) is 10.9. The fourth-order valence-electron chi connectivity index (χ4n) is 3.67. The standard InChI is InChI=1S/C26H19Br2NO7/c27-16-9-14(10-17(28)25(16)33)24(32)23-15-11-18(30)21(36-26(34)13-5-2-1-3-6-13)12-20(15)35-19(23)7-4-8-22(29)31/h1-3,5-6,9-12,30,33H,4,7-8H2,(H2,29,31). The van der Waals surface area contributed by atoms with Gasteiger partial charge in [-0.15, -0.1) is 0 Å². The third kappa shape index (κ3) is 5.29. The number of nitrogens with two attached hydrogens (primary N) is 1. The number of ketones is 1. The number of carbonyl (C=O) groups excluding carboxylic acids is 3. The third-order valence-electron chi connectivity index (χ3n) is 5.39. The Hall–Kier alpha value is -3.63. The highest BCUT2D eigenvalue weighted by Crippen LogP contribution is 2.39. The Kier molecular flexibility index (Phi) is 7.46. The molecule has 1 aromatic heterocycles. The zero-order chi connectivity index (χ0) is 26.0. The van der Waals surface area contributed by atoms with Crippen LogP contribution in [-0.2, 0) is 11.2 Å². The highest BCUT2D eigenvalue weighted by Gasteiger charge is 2.25. The van der Waals surface area contributed by atoms with Crippen molar-refractivity contribution in [1.82, 2.24) is 0 Å². The van der Waals surface area contributed by atoms with E-state index in [1.54, 1.807) is 30.3 Å². The molecule has 0 aliphatic heterocycles. The first-order valence-electron chi connectivity index (χ1n) is 10.7. The Morgan fingerprint density at radius 3 is 2.25 bits per heavy atom. The first-order valence-corrected chi connectivity index (χ1v) is 12.3. The van der Waals surface area contributed by atoms with Crippen molar-refractivity contribution in [1.29, 1.82) is 0 Å². The number of hydrogen-bond donors (Lipinski definition) is 3. The van der Waals surface area contributed by atoms with E-state index in [1.807, 2.05) is 0 Å². The quantitative estimate of drug-likeness (QED) is 0.132. The van der Waals surface area contributed by atoms with Crippen LogP contribution in [0, 0.1) is 0 Å². The molecule has 0 atom stereocenters. The second-order valence-electron chi connectivity index (χ2n) is 7.91. The molecule has 10 heteroatoms. The van der Waals surface area contributed by atoms with Gasteiger partial charge in [-0.3, -0.25) is 9.59 Å². The molecule has 0 unspecified atom stereocenters. The van der Waals surface area contributed by atoms with E-state index in [4.69, 9.17) is 14.9 Å². The van der Waals surface area contributed by atoms with E-state index in [-0.39, 0.29) is 52.6 Å². The lowest BCUT2D eigenvalue weighted by Gasteiger charge is -2.08. The summed E-state index contributed by atoms with van der Waals surface area (Å²) in [5.74, 6) is -1.87. The number of furan rings is 1. The van der Waals surface area contributed by atoms with Crippen molar-refractivity contribution in [3.05, 3.63) is 86.0 Å². The zero-order valence-electron chi connectivity index (χ0n) is 18.6. The number of halogens is 2. The SMILES string of the molecule is NC(=O)CCCc1oc2cc(OC(=O)c3ccccc3)c(O)cc2c1C(=O)c1cc(Br)c(O)c(Br)c1. The molecular weight excluding hydrogens is 598 g/mol. The fraction of sp³-hybridized carbons (Fsp3) is 0.115. The van der Waals surface area contributed by atoms with E-state index in [9.17, 15) is 24.6 Å². The molecule has 0 saturated carbocycles. The number of carbonyl (C=O) groups is 3. The predicted octanol–water partition coefficient (Wildman–Crippen LogP) is 5.63. The minimum Gasteiger partial charge on any atom is -0.506 e. The van der Waals surface area contributed by atoms with Crippen LogP contribution in [0.3, 0.4) is 0 Å². The average molecular weight is 617 g/mol. The Morgan fingerprint density at radius 1 is 0.944 bits per heavy atom. The van der Waals surface area contributed by atoms with Gasteiger partial charge >= 0.3 is 5.97 Å². The predicted molar refractivity (Wildman–Crippen MR) is 138 cm³/mol. The number of ether oxygens (including phenoxy) is 1. The van der Waals surface area contributed by atoms with Gasteiger partial charge in [-0.1, -0.05) is 18.2 Å². The van der Waals surface area contributed by atoms with E-state index in [0.29, 0.717) is 26.3 Å². The van der Waals surface area contributed by atoms with Gasteiger partial charge in [-0.25, -0.2) is 4.79 Å². The number of amides is 1. The van der Waals surface area contributed by atoms with Crippen LogP contribution in [0.15, 0.2) is 68.0 Å². The van der Waals surface area contributed by atoms with Crippen LogP contribution >= 0.6 is 31.9 Å². The maximum absolute atomic E-state index is 13.6. The summed E-state index contributed by atoms with van der Waals surface area (Å²) in [7, 11) is 0. The molecule has 184 valence electrons. The molecule has 0 radical (unpaired) electrons. The summed E-state index contributed by atoms with van der Waals surface area (Å²) >= 11 is 6.44. The molecule has 4 aromatic rings. The van der Waals surface area contributed by atoms with Crippen LogP contribution in [0.25, 0.3) is 11.0 Å². The molecule has 8 nitrogen and oxygen atoms in total. The molecule has 0 saturated heterocycles. The minimum absolute atomic E-state index is 0.0622. The number of fused-ring (bicyclic) bond motifs is 1. The Bertz CT molecular complexity index is 1470. The Labute approximate surface area is 221 Å². The molecule has 0 aliphatic rings. The maximum Gasteiger partial charge on any atom is 0.343 e. The van der Waals surface area contributed by atoms with Crippen LogP contribution < -0.4 is 10.5 Å². The fourth-order valence-corrected chi connectivity index (χ4v) is 4.85. The van der Waals surface area contributed by atoms with Gasteiger partial charge in [-0.05, 0) is 68.6 Å². The van der Waals surface area contributed by atoms with E-state index in [0.717, 1.165) is 0 Å². The lowest BCUT2D eigenvalue weighted by atomic mass is 9.98. The summed E-state index contributed by atoms with van der Waals surface area (Å²) in [6, 6.07) is 13.8. The van der Waals surface area contributed by atoms with Gasteiger partial charge in [0.25, 0.3) is 0 Å². The van der Waals surface area contributed by atoms with E-state index < -0.39 is 17.7 Å². The molecule has 4 rings (SSSR count). The molecule has 0 fully saturated rings. The Balaban J connectivity index is 1.78. The van der Waals surface area contributed by atoms with E-state index >= 15 is 0 Å². The molecule has 1 amide bonds. The lowest BCUT2D eigenvalue weighted by Crippen LogP contribution is -2.10. The molecule has 36 heavy (non-hydrogen) atoms. The highest BCUT2D eigenvalue weighted by atomic mass is 79.9. The van der Waals surface area contributed by atoms with Crippen molar-refractivity contribution in [2.45, 2.75) is 19.3 Å². The van der Waals surface area contributed by atoms with E-state index in [1.165, 1.54) is 24.3 Å². The second-order valence-corrected chi connectivity index (χ2v) is 9.62. The number of rotatable bonds is 8. The third-order valence-corrected chi connectivity index (χ3v) is 6.60. The van der Waals surface area contributed by atoms with Crippen molar-refractivity contribution in [3.63, 3.8) is 0 Å². The van der Waals surface area contributed by atoms with E-state index in [2.05, 4.69) is 31.9 Å². The molecule has 0 bridgehead atoms. The van der Waals surface area contributed by atoms with Crippen molar-refractivity contribution >= 4 is 60.5 Å². The number of aryl methyl sites for hydroxylation is 1. The number of hydrogen-bond acceptors (Lipinski definition) is 7. The van der Waals surface area contributed by atoms with Gasteiger partial charge in [-0.2, -0.15) is 0 Å². The van der Waals surface area contributed by atoms with Gasteiger partial charge < -0.3 is 25.1 Å². The molecule has 1 heterocycles. The largest absolute Gasteiger partial charge is 0.506 e. The molecule has 4 N–H and O–H groups in total. The van der Waals surface area contributed by atoms with Gasteiger partial charge in [0, 0.05) is 29.9 Å². The molecule has 0 aliphatic carbocycles. The Morgan fingerprint density at radius 2 is 1.61 bits per heavy atom. The first kappa shape index (κ1) is 25.5. The lowest BCUT2D eigenvalue weighted by molar-refractivity contribution is -0.118. The topological polar surface area (TPSA) is 140 Å². The first-order chi connectivity index (χ1) is 17.2. The number of aromatic hydroxyl groups is 2. The second kappa shape index (κ2) is 10.5. The molecular formula is C26H19Br2NO7. The minimum atomic E-state index is -0.673. The van der Waals surface area contributed by atoms with Crippen molar-refractivity contribution < 1.29 is 33.8 Å². The number of phenolic OH excluding ortho intramolecular Hbond substituents is 2. The van der Waals surface area contributed by atoms with Crippen molar-refractivity contribution in [3.8, 4) is 17.2 Å². The average Bonchev–Trinajstić information content (AvgIpc) is 3.18. The van der Waals surface area contributed by atoms with Gasteiger partial charge in [0.15, 0.2) is 17.3 Å². The van der Waals surface area contributed by atoms with Gasteiger partial charge in [0.2, 0.25) is 5.91 Å². The summed E-state index contributed by atoms with van der Waals surface area (Å²) in [4.78, 5) is 37.3. The molecule has 0 spiro atoms. The number of benzene rings is 3. The van der Waals surface area contributed by atoms with Crippen molar-refractivity contribution in [2.24, 2.45) is 5.73 Å². The molecule has 3 aromatic carbocycles. The van der Waals surface area contributed by atoms with Crippen molar-refractivity contribution in [2.75, 3.05) is 0 Å². The zero-order valence-corrected chi connectivity index (χ0v) is 21.8. The summed E-state index contributed by atoms with van der Waals surface area (Å²) in [6.07, 6.45) is 0.644. The summed E-state index contributed by atoms with van der Waals surface area (Å²) in [5.41, 5.74) is 6.17. The number of phenols is 2. The highest BCUT2D eigenvalue weighted by molar-refractivity contribution is 9.11. The summed E-state index contributed by atoms with van der Waals surface area (Å²) in [5, 5.41) is 20.9. The van der Waals surface area contributed by atoms with Gasteiger partial charge in [0.05, 0.1) is 20.1 Å².